The van der Waals surface area contributed by atoms with Crippen LogP contribution < -0.4 is 0 Å². The van der Waals surface area contributed by atoms with Crippen molar-refractivity contribution in [3.05, 3.63) is 48.6 Å². The number of ether oxygens (including phenoxy) is 3. The monoisotopic (exact) mass is 1130 g/mol. The normalized spacial score (nSPS) is 14.8. The van der Waals surface area contributed by atoms with Gasteiger partial charge in [0.05, 0.1) is 26.4 Å². The van der Waals surface area contributed by atoms with E-state index in [0.29, 0.717) is 19.3 Å². The molecule has 4 N–H and O–H groups in total. The number of hydrogen-bond donors (Lipinski definition) is 4. The molecule has 0 aliphatic carbocycles. The van der Waals surface area contributed by atoms with Gasteiger partial charge in [0.1, 0.15) is 25.4 Å². The standard InChI is InChI=1S/C59H108O16P2/c1-4-7-10-13-16-19-22-24-25-26-27-29-32-33-36-39-42-45-57(62)69-48-54(60)49-71-76(65,66)72-50-55(61)51-73-77(67,68)74-53-56(75-59(64)47-44-41-38-35-30-21-18-15-12-9-6-3)52-70-58(63)46-43-40-37-34-31-28-23-20-17-14-11-8-5-2/h7,10,16,19-20,23-25,54-56,60-61H,4-6,8-9,11-15,17-18,21-22,26-53H2,1-3H3,(H,65,66)(H,67,68)/b10-7-,19-16-,23-20-,25-24-. The van der Waals surface area contributed by atoms with Crippen LogP contribution in [0.15, 0.2) is 48.6 Å². The molecule has 0 heterocycles. The summed E-state index contributed by atoms with van der Waals surface area (Å²) in [5.74, 6) is -1.58. The Kier molecular flexibility index (Phi) is 52.4. The second kappa shape index (κ2) is 54.1. The molecule has 16 nitrogen and oxygen atoms in total. The van der Waals surface area contributed by atoms with Crippen molar-refractivity contribution < 1.29 is 75.8 Å². The molecule has 0 fully saturated rings. The molecule has 5 atom stereocenters. The van der Waals surface area contributed by atoms with Gasteiger partial charge in [-0.3, -0.25) is 32.5 Å². The Labute approximate surface area is 466 Å². The molecule has 0 bridgehead atoms. The van der Waals surface area contributed by atoms with Gasteiger partial charge in [0.15, 0.2) is 6.10 Å². The van der Waals surface area contributed by atoms with E-state index in [9.17, 15) is 43.5 Å². The Morgan fingerprint density at radius 2 is 0.688 bits per heavy atom. The lowest BCUT2D eigenvalue weighted by molar-refractivity contribution is -0.161. The van der Waals surface area contributed by atoms with Gasteiger partial charge in [-0.05, 0) is 77.0 Å². The first kappa shape index (κ1) is 74.5. The first-order valence-electron chi connectivity index (χ1n) is 29.9. The average molecular weight is 1140 g/mol. The molecule has 0 aliphatic heterocycles. The quantitative estimate of drug-likeness (QED) is 0.0146. The summed E-state index contributed by atoms with van der Waals surface area (Å²) in [5, 5.41) is 20.4. The van der Waals surface area contributed by atoms with Gasteiger partial charge in [-0.2, -0.15) is 0 Å². The lowest BCUT2D eigenvalue weighted by Crippen LogP contribution is -2.30. The zero-order valence-electron chi connectivity index (χ0n) is 48.1. The molecule has 0 saturated carbocycles. The van der Waals surface area contributed by atoms with Gasteiger partial charge in [-0.1, -0.05) is 204 Å². The fraction of sp³-hybridized carbons (Fsp3) is 0.814. The predicted molar refractivity (Wildman–Crippen MR) is 307 cm³/mol. The van der Waals surface area contributed by atoms with Gasteiger partial charge >= 0.3 is 33.6 Å². The van der Waals surface area contributed by atoms with Gasteiger partial charge in [-0.15, -0.1) is 0 Å². The number of rotatable bonds is 57. The maximum absolute atomic E-state index is 12.8. The number of carbonyl (C=O) groups is 3. The van der Waals surface area contributed by atoms with E-state index in [-0.39, 0.29) is 19.3 Å². The number of aliphatic hydroxyl groups excluding tert-OH is 2. The van der Waals surface area contributed by atoms with Gasteiger partial charge in [0.2, 0.25) is 0 Å². The highest BCUT2D eigenvalue weighted by Gasteiger charge is 2.29. The lowest BCUT2D eigenvalue weighted by atomic mass is 10.1. The molecule has 0 aromatic heterocycles. The van der Waals surface area contributed by atoms with Crippen molar-refractivity contribution in [2.45, 2.75) is 270 Å². The molecule has 450 valence electrons. The van der Waals surface area contributed by atoms with Crippen LogP contribution in [0.3, 0.4) is 0 Å². The van der Waals surface area contributed by atoms with Crippen LogP contribution in [0.2, 0.25) is 0 Å². The van der Waals surface area contributed by atoms with E-state index < -0.39 is 91.5 Å². The summed E-state index contributed by atoms with van der Waals surface area (Å²) >= 11 is 0. The zero-order valence-corrected chi connectivity index (χ0v) is 49.9. The molecule has 77 heavy (non-hydrogen) atoms. The van der Waals surface area contributed by atoms with Crippen LogP contribution >= 0.6 is 15.6 Å². The minimum Gasteiger partial charge on any atom is -0.463 e. The average Bonchev–Trinajstić information content (AvgIpc) is 3.40. The molecule has 18 heteroatoms. The van der Waals surface area contributed by atoms with Crippen molar-refractivity contribution in [2.75, 3.05) is 39.6 Å². The van der Waals surface area contributed by atoms with Crippen LogP contribution in [-0.4, -0.2) is 95.9 Å². The first-order chi connectivity index (χ1) is 37.2. The van der Waals surface area contributed by atoms with Crippen molar-refractivity contribution >= 4 is 33.6 Å². The summed E-state index contributed by atoms with van der Waals surface area (Å²) in [4.78, 5) is 58.0. The predicted octanol–water partition coefficient (Wildman–Crippen LogP) is 15.3. The van der Waals surface area contributed by atoms with Crippen molar-refractivity contribution in [1.29, 1.82) is 0 Å². The molecule has 0 aliphatic rings. The van der Waals surface area contributed by atoms with E-state index in [4.69, 9.17) is 32.3 Å². The molecule has 0 amide bonds. The number of hydrogen-bond acceptors (Lipinski definition) is 14. The van der Waals surface area contributed by atoms with E-state index >= 15 is 0 Å². The molecule has 0 aromatic carbocycles. The molecule has 0 radical (unpaired) electrons. The van der Waals surface area contributed by atoms with E-state index in [1.54, 1.807) is 0 Å². The van der Waals surface area contributed by atoms with Crippen LogP contribution in [0.4, 0.5) is 0 Å². The second-order valence-electron chi connectivity index (χ2n) is 20.1. The smallest absolute Gasteiger partial charge is 0.463 e. The Morgan fingerprint density at radius 1 is 0.377 bits per heavy atom. The minimum absolute atomic E-state index is 0.108. The molecular formula is C59H108O16P2. The van der Waals surface area contributed by atoms with Gasteiger partial charge in [0, 0.05) is 19.3 Å². The number of phosphoric acid groups is 2. The van der Waals surface area contributed by atoms with Gasteiger partial charge in [0.25, 0.3) is 0 Å². The van der Waals surface area contributed by atoms with Crippen molar-refractivity contribution in [2.24, 2.45) is 0 Å². The van der Waals surface area contributed by atoms with E-state index in [2.05, 4.69) is 69.4 Å². The third-order valence-electron chi connectivity index (χ3n) is 12.5. The van der Waals surface area contributed by atoms with Crippen molar-refractivity contribution in [3.8, 4) is 0 Å². The maximum Gasteiger partial charge on any atom is 0.472 e. The summed E-state index contributed by atoms with van der Waals surface area (Å²) in [5.41, 5.74) is 0. The van der Waals surface area contributed by atoms with Crippen molar-refractivity contribution in [3.63, 3.8) is 0 Å². The van der Waals surface area contributed by atoms with Gasteiger partial charge in [-0.25, -0.2) is 9.13 Å². The Hall–Kier alpha value is -2.49. The molecule has 0 rings (SSSR count). The Bertz CT molecular complexity index is 1620. The zero-order chi connectivity index (χ0) is 56.8. The molecule has 0 aromatic rings. The van der Waals surface area contributed by atoms with Crippen molar-refractivity contribution in [1.82, 2.24) is 0 Å². The van der Waals surface area contributed by atoms with Gasteiger partial charge < -0.3 is 34.2 Å². The highest BCUT2D eigenvalue weighted by molar-refractivity contribution is 7.47. The number of unbranched alkanes of at least 4 members (excludes halogenated alkanes) is 26. The fourth-order valence-corrected chi connectivity index (χ4v) is 9.52. The highest BCUT2D eigenvalue weighted by atomic mass is 31.2. The molecular weight excluding hydrogens is 1030 g/mol. The van der Waals surface area contributed by atoms with E-state index in [1.807, 2.05) is 0 Å². The summed E-state index contributed by atoms with van der Waals surface area (Å²) in [6, 6.07) is 0. The number of allylic oxidation sites excluding steroid dienone is 8. The highest BCUT2D eigenvalue weighted by Crippen LogP contribution is 2.45. The number of phosphoric ester groups is 2. The third-order valence-corrected chi connectivity index (χ3v) is 14.4. The maximum atomic E-state index is 12.8. The first-order valence-corrected chi connectivity index (χ1v) is 32.9. The number of aliphatic hydroxyl groups is 2. The number of carbonyl (C=O) groups excluding carboxylic acids is 3. The van der Waals surface area contributed by atoms with Crippen LogP contribution in [-0.2, 0) is 55.8 Å². The number of esters is 3. The fourth-order valence-electron chi connectivity index (χ4n) is 7.93. The summed E-state index contributed by atoms with van der Waals surface area (Å²) in [6.45, 7) is 2.51. The third kappa shape index (κ3) is 55.2. The van der Waals surface area contributed by atoms with Crippen LogP contribution in [0.1, 0.15) is 252 Å². The van der Waals surface area contributed by atoms with E-state index in [1.165, 1.54) is 64.2 Å². The molecule has 5 unspecified atom stereocenters. The summed E-state index contributed by atoms with van der Waals surface area (Å²) in [6.07, 6.45) is 49.0. The Morgan fingerprint density at radius 3 is 1.12 bits per heavy atom. The largest absolute Gasteiger partial charge is 0.472 e. The van der Waals surface area contributed by atoms with Crippen LogP contribution in [0.5, 0.6) is 0 Å². The second-order valence-corrected chi connectivity index (χ2v) is 23.0. The SMILES string of the molecule is CC/C=C\C/C=C\C/C=C\CCCCCCCCCC(=O)OCC(O)COP(=O)(O)OCC(O)COP(=O)(O)OCC(COC(=O)CCCCCCC/C=C\CCCCCC)OC(=O)CCCCCCCCCCCCC. The van der Waals surface area contributed by atoms with Crippen LogP contribution in [0.25, 0.3) is 0 Å². The summed E-state index contributed by atoms with van der Waals surface area (Å²) in [7, 11) is -9.74. The summed E-state index contributed by atoms with van der Waals surface area (Å²) < 4.78 is 60.5. The molecule has 0 spiro atoms. The lowest BCUT2D eigenvalue weighted by Gasteiger charge is -2.21. The topological polar surface area (TPSA) is 231 Å². The minimum atomic E-state index is -4.91. The Balaban J connectivity index is 4.61. The van der Waals surface area contributed by atoms with Crippen LogP contribution in [0, 0.1) is 0 Å². The van der Waals surface area contributed by atoms with E-state index in [0.717, 1.165) is 128 Å². The molecule has 0 saturated heterocycles.